The summed E-state index contributed by atoms with van der Waals surface area (Å²) in [4.78, 5) is 19.6. The summed E-state index contributed by atoms with van der Waals surface area (Å²) in [6, 6.07) is 0. The molecule has 0 aromatic rings. The van der Waals surface area contributed by atoms with Crippen LogP contribution < -0.4 is 0 Å². The molecule has 0 bridgehead atoms. The molecule has 0 saturated carbocycles. The second-order valence-electron chi connectivity index (χ2n) is 2.05. The maximum Gasteiger partial charge on any atom is 0.330 e. The van der Waals surface area contributed by atoms with Gasteiger partial charge in [0.1, 0.15) is 0 Å². The smallest absolute Gasteiger partial charge is 0.330 e. The Morgan fingerprint density at radius 1 is 1.38 bits per heavy atom. The Hall–Kier alpha value is -1.58. The summed E-state index contributed by atoms with van der Waals surface area (Å²) in [6.07, 6.45) is 2.66. The van der Waals surface area contributed by atoms with E-state index in [1.54, 1.807) is 19.9 Å². The Kier molecular flexibility index (Phi) is 9.15. The molecular weight excluding hydrogens is 172 g/mol. The van der Waals surface area contributed by atoms with Crippen molar-refractivity contribution in [2.24, 2.45) is 0 Å². The Labute approximate surface area is 77.5 Å². The van der Waals surface area contributed by atoms with E-state index in [1.165, 1.54) is 6.92 Å². The number of carboxylic acids is 1. The molecule has 0 aromatic carbocycles. The standard InChI is InChI=1S/C5H8O2.C4H6O2/c1-3-4(2)5(6)7;1-3-6-4(2)5/h3H,1-2H3,(H,6,7);3H,1H2,2H3/b4-3+;. The van der Waals surface area contributed by atoms with Gasteiger partial charge in [0.05, 0.1) is 6.26 Å². The summed E-state index contributed by atoms with van der Waals surface area (Å²) in [5.41, 5.74) is 0.389. The number of aliphatic carboxylic acids is 1. The van der Waals surface area contributed by atoms with Crippen molar-refractivity contribution in [1.29, 1.82) is 0 Å². The predicted octanol–water partition coefficient (Wildman–Crippen LogP) is 1.73. The predicted molar refractivity (Wildman–Crippen MR) is 49.0 cm³/mol. The van der Waals surface area contributed by atoms with Gasteiger partial charge in [0.15, 0.2) is 0 Å². The number of carbonyl (C=O) groups excluding carboxylic acids is 1. The summed E-state index contributed by atoms with van der Waals surface area (Å²) in [7, 11) is 0. The largest absolute Gasteiger partial charge is 0.478 e. The first kappa shape index (κ1) is 14.0. The molecule has 0 aliphatic carbocycles. The third-order valence-electron chi connectivity index (χ3n) is 1.02. The molecular formula is C9H14O4. The molecule has 0 amide bonds. The van der Waals surface area contributed by atoms with Crippen LogP contribution >= 0.6 is 0 Å². The Balaban J connectivity index is 0. The molecule has 1 N–H and O–H groups in total. The van der Waals surface area contributed by atoms with Crippen LogP contribution in [0.3, 0.4) is 0 Å². The molecule has 0 spiro atoms. The third-order valence-corrected chi connectivity index (χ3v) is 1.02. The van der Waals surface area contributed by atoms with Gasteiger partial charge in [0.2, 0.25) is 0 Å². The highest BCUT2D eigenvalue weighted by Gasteiger charge is 1.93. The number of carbonyl (C=O) groups is 2. The fraction of sp³-hybridized carbons (Fsp3) is 0.333. The topological polar surface area (TPSA) is 63.6 Å². The fourth-order valence-electron chi connectivity index (χ4n) is 0.241. The number of hydrogen-bond acceptors (Lipinski definition) is 3. The molecule has 0 aliphatic heterocycles. The fourth-order valence-corrected chi connectivity index (χ4v) is 0.241. The zero-order valence-corrected chi connectivity index (χ0v) is 8.03. The van der Waals surface area contributed by atoms with Gasteiger partial charge in [-0.15, -0.1) is 0 Å². The van der Waals surface area contributed by atoms with Crippen molar-refractivity contribution in [1.82, 2.24) is 0 Å². The van der Waals surface area contributed by atoms with Crippen LogP contribution in [0, 0.1) is 0 Å². The maximum atomic E-state index is 9.86. The number of rotatable bonds is 2. The van der Waals surface area contributed by atoms with Gasteiger partial charge in [-0.3, -0.25) is 4.79 Å². The first-order valence-electron chi connectivity index (χ1n) is 3.60. The number of hydrogen-bond donors (Lipinski definition) is 1. The van der Waals surface area contributed by atoms with Crippen LogP contribution in [0.4, 0.5) is 0 Å². The van der Waals surface area contributed by atoms with Gasteiger partial charge in [-0.05, 0) is 13.8 Å². The molecule has 0 fully saturated rings. The molecule has 4 heteroatoms. The highest BCUT2D eigenvalue weighted by atomic mass is 16.5. The summed E-state index contributed by atoms with van der Waals surface area (Å²) < 4.78 is 4.17. The Bertz CT molecular complexity index is 216. The van der Waals surface area contributed by atoms with E-state index in [0.717, 1.165) is 6.26 Å². The summed E-state index contributed by atoms with van der Waals surface area (Å²) in [5.74, 6) is -1.17. The van der Waals surface area contributed by atoms with Crippen molar-refractivity contribution in [2.75, 3.05) is 0 Å². The highest BCUT2D eigenvalue weighted by Crippen LogP contribution is 1.87. The van der Waals surface area contributed by atoms with Gasteiger partial charge >= 0.3 is 11.9 Å². The normalized spacial score (nSPS) is 9.31. The van der Waals surface area contributed by atoms with Gasteiger partial charge in [-0.1, -0.05) is 12.7 Å². The van der Waals surface area contributed by atoms with E-state index in [4.69, 9.17) is 5.11 Å². The van der Waals surface area contributed by atoms with Crippen LogP contribution in [0.25, 0.3) is 0 Å². The van der Waals surface area contributed by atoms with Crippen LogP contribution in [0.2, 0.25) is 0 Å². The van der Waals surface area contributed by atoms with Crippen LogP contribution in [-0.2, 0) is 14.3 Å². The molecule has 74 valence electrons. The molecule has 0 unspecified atom stereocenters. The summed E-state index contributed by atoms with van der Waals surface area (Å²) >= 11 is 0. The van der Waals surface area contributed by atoms with E-state index in [-0.39, 0.29) is 5.97 Å². The summed E-state index contributed by atoms with van der Waals surface area (Å²) in [5, 5.41) is 8.11. The third kappa shape index (κ3) is 13.4. The van der Waals surface area contributed by atoms with Crippen molar-refractivity contribution in [3.8, 4) is 0 Å². The zero-order chi connectivity index (χ0) is 10.9. The monoisotopic (exact) mass is 186 g/mol. The minimum Gasteiger partial charge on any atom is -0.478 e. The van der Waals surface area contributed by atoms with E-state index in [2.05, 4.69) is 11.3 Å². The highest BCUT2D eigenvalue weighted by molar-refractivity contribution is 5.85. The number of carboxylic acid groups (broad SMARTS) is 1. The quantitative estimate of drug-likeness (QED) is 0.405. The molecule has 13 heavy (non-hydrogen) atoms. The van der Waals surface area contributed by atoms with Crippen molar-refractivity contribution in [3.05, 3.63) is 24.5 Å². The Morgan fingerprint density at radius 2 is 1.85 bits per heavy atom. The van der Waals surface area contributed by atoms with E-state index in [0.29, 0.717) is 5.57 Å². The van der Waals surface area contributed by atoms with E-state index in [9.17, 15) is 9.59 Å². The van der Waals surface area contributed by atoms with E-state index in [1.807, 2.05) is 0 Å². The molecule has 0 aromatic heterocycles. The maximum absolute atomic E-state index is 9.86. The first-order chi connectivity index (χ1) is 5.95. The van der Waals surface area contributed by atoms with Crippen LogP contribution in [0.1, 0.15) is 20.8 Å². The lowest BCUT2D eigenvalue weighted by Crippen LogP contribution is -1.93. The molecule has 0 saturated heterocycles. The van der Waals surface area contributed by atoms with E-state index < -0.39 is 5.97 Å². The van der Waals surface area contributed by atoms with Crippen molar-refractivity contribution >= 4 is 11.9 Å². The molecule has 4 nitrogen and oxygen atoms in total. The van der Waals surface area contributed by atoms with Crippen molar-refractivity contribution in [3.63, 3.8) is 0 Å². The van der Waals surface area contributed by atoms with Crippen molar-refractivity contribution in [2.45, 2.75) is 20.8 Å². The lowest BCUT2D eigenvalue weighted by molar-refractivity contribution is -0.135. The average molecular weight is 186 g/mol. The zero-order valence-electron chi connectivity index (χ0n) is 8.03. The molecule has 0 atom stereocenters. The summed E-state index contributed by atoms with van der Waals surface area (Å²) in [6.45, 7) is 7.73. The molecule has 0 radical (unpaired) electrons. The number of esters is 1. The van der Waals surface area contributed by atoms with Crippen LogP contribution in [0.5, 0.6) is 0 Å². The van der Waals surface area contributed by atoms with Gasteiger partial charge in [-0.25, -0.2) is 4.79 Å². The lowest BCUT2D eigenvalue weighted by Gasteiger charge is -1.84. The van der Waals surface area contributed by atoms with E-state index >= 15 is 0 Å². The molecule has 0 heterocycles. The molecule has 0 rings (SSSR count). The second-order valence-corrected chi connectivity index (χ2v) is 2.05. The minimum atomic E-state index is -0.845. The van der Waals surface area contributed by atoms with Gasteiger partial charge in [-0.2, -0.15) is 0 Å². The average Bonchev–Trinajstić information content (AvgIpc) is 2.03. The SMILES string of the molecule is C/C=C(\C)C(=O)O.C=COC(C)=O. The van der Waals surface area contributed by atoms with Gasteiger partial charge in [0.25, 0.3) is 0 Å². The first-order valence-corrected chi connectivity index (χ1v) is 3.60. The number of allylic oxidation sites excluding steroid dienone is 1. The second kappa shape index (κ2) is 8.52. The van der Waals surface area contributed by atoms with Gasteiger partial charge in [0, 0.05) is 12.5 Å². The molecule has 0 aliphatic rings. The number of ether oxygens (including phenoxy) is 1. The lowest BCUT2D eigenvalue weighted by atomic mass is 10.3. The van der Waals surface area contributed by atoms with Crippen molar-refractivity contribution < 1.29 is 19.4 Å². The van der Waals surface area contributed by atoms with Gasteiger partial charge < -0.3 is 9.84 Å². The van der Waals surface area contributed by atoms with Crippen LogP contribution in [0.15, 0.2) is 24.5 Å². The Morgan fingerprint density at radius 3 is 1.85 bits per heavy atom. The van der Waals surface area contributed by atoms with Crippen LogP contribution in [-0.4, -0.2) is 17.0 Å². The minimum absolute atomic E-state index is 0.329.